The van der Waals surface area contributed by atoms with Gasteiger partial charge in [-0.2, -0.15) is 8.78 Å². The second-order valence-electron chi connectivity index (χ2n) is 6.86. The minimum atomic E-state index is -3.00. The summed E-state index contributed by atoms with van der Waals surface area (Å²) in [4.78, 5) is 4.15. The van der Waals surface area contributed by atoms with E-state index in [0.29, 0.717) is 28.5 Å². The minimum Gasteiger partial charge on any atom is -0.497 e. The molecule has 29 heavy (non-hydrogen) atoms. The zero-order chi connectivity index (χ0) is 20.4. The van der Waals surface area contributed by atoms with Crippen LogP contribution in [0, 0.1) is 0 Å². The number of fused-ring (bicyclic) bond motifs is 1. The van der Waals surface area contributed by atoms with Gasteiger partial charge in [0.2, 0.25) is 5.95 Å². The summed E-state index contributed by atoms with van der Waals surface area (Å²) >= 11 is 0. The Balaban J connectivity index is 1.74. The highest BCUT2D eigenvalue weighted by Gasteiger charge is 2.25. The zero-order valence-corrected chi connectivity index (χ0v) is 15.8. The number of hydrogen-bond acceptors (Lipinski definition) is 7. The molecule has 4 rings (SSSR count). The molecule has 3 aromatic rings. The van der Waals surface area contributed by atoms with Crippen LogP contribution in [0.5, 0.6) is 11.5 Å². The van der Waals surface area contributed by atoms with E-state index in [4.69, 9.17) is 4.74 Å². The van der Waals surface area contributed by atoms with Crippen LogP contribution < -0.4 is 14.8 Å². The molecule has 0 aliphatic heterocycles. The zero-order valence-electron chi connectivity index (χ0n) is 15.8. The smallest absolute Gasteiger partial charge is 0.387 e. The van der Waals surface area contributed by atoms with Crippen molar-refractivity contribution in [2.45, 2.75) is 44.4 Å². The van der Waals surface area contributed by atoms with Crippen LogP contribution in [0.1, 0.15) is 25.7 Å². The molecule has 1 aromatic carbocycles. The van der Waals surface area contributed by atoms with Gasteiger partial charge in [-0.15, -0.1) is 10.2 Å². The van der Waals surface area contributed by atoms with E-state index in [1.165, 1.54) is 13.2 Å². The van der Waals surface area contributed by atoms with Crippen LogP contribution in [0.3, 0.4) is 0 Å². The number of aromatic nitrogens is 4. The van der Waals surface area contributed by atoms with E-state index in [0.717, 1.165) is 25.7 Å². The van der Waals surface area contributed by atoms with Crippen molar-refractivity contribution in [3.8, 4) is 22.8 Å². The van der Waals surface area contributed by atoms with Gasteiger partial charge in [0.05, 0.1) is 31.0 Å². The van der Waals surface area contributed by atoms with E-state index in [9.17, 15) is 13.9 Å². The highest BCUT2D eigenvalue weighted by Crippen LogP contribution is 2.36. The van der Waals surface area contributed by atoms with Crippen LogP contribution in [-0.4, -0.2) is 50.6 Å². The van der Waals surface area contributed by atoms with E-state index in [1.54, 1.807) is 29.1 Å². The Hall–Kier alpha value is -3.01. The minimum absolute atomic E-state index is 0.0693. The first-order chi connectivity index (χ1) is 14.1. The monoisotopic (exact) mass is 405 g/mol. The molecule has 0 bridgehead atoms. The normalized spacial score (nSPS) is 19.5. The molecule has 10 heteroatoms. The number of methoxy groups -OCH3 is 1. The number of anilines is 1. The van der Waals surface area contributed by atoms with Gasteiger partial charge < -0.3 is 19.9 Å². The number of aliphatic hydroxyl groups excluding tert-OH is 1. The molecular formula is C19H21F2N5O3. The maximum atomic E-state index is 12.9. The molecule has 2 N–H and O–H groups in total. The van der Waals surface area contributed by atoms with Crippen molar-refractivity contribution < 1.29 is 23.4 Å². The van der Waals surface area contributed by atoms with Gasteiger partial charge in [-0.1, -0.05) is 12.8 Å². The summed E-state index contributed by atoms with van der Waals surface area (Å²) in [6, 6.07) is 4.46. The molecule has 0 amide bonds. The third-order valence-electron chi connectivity index (χ3n) is 5.06. The molecule has 0 spiro atoms. The first kappa shape index (κ1) is 19.3. The number of halogens is 2. The van der Waals surface area contributed by atoms with Crippen molar-refractivity contribution in [1.29, 1.82) is 0 Å². The fraction of sp³-hybridized carbons (Fsp3) is 0.421. The van der Waals surface area contributed by atoms with Gasteiger partial charge in [0, 0.05) is 11.6 Å². The lowest BCUT2D eigenvalue weighted by Gasteiger charge is -2.28. The van der Waals surface area contributed by atoms with Gasteiger partial charge in [0.1, 0.15) is 23.5 Å². The third-order valence-corrected chi connectivity index (χ3v) is 5.06. The maximum absolute atomic E-state index is 12.9. The third kappa shape index (κ3) is 3.93. The Morgan fingerprint density at radius 2 is 2.07 bits per heavy atom. The number of alkyl halides is 2. The second kappa shape index (κ2) is 8.16. The van der Waals surface area contributed by atoms with Crippen LogP contribution in [-0.2, 0) is 0 Å². The quantitative estimate of drug-likeness (QED) is 0.651. The summed E-state index contributed by atoms with van der Waals surface area (Å²) in [5.41, 5.74) is 1.25. The molecule has 0 radical (unpaired) electrons. The molecule has 1 fully saturated rings. The van der Waals surface area contributed by atoms with Gasteiger partial charge in [0.25, 0.3) is 0 Å². The number of ether oxygens (including phenoxy) is 2. The van der Waals surface area contributed by atoms with Gasteiger partial charge in [-0.25, -0.2) is 4.98 Å². The number of nitrogens with one attached hydrogen (secondary N) is 1. The van der Waals surface area contributed by atoms with E-state index >= 15 is 0 Å². The van der Waals surface area contributed by atoms with Crippen LogP contribution in [0.2, 0.25) is 0 Å². The Morgan fingerprint density at radius 1 is 1.24 bits per heavy atom. The molecule has 1 aliphatic rings. The molecular weight excluding hydrogens is 384 g/mol. The Bertz CT molecular complexity index is 997. The van der Waals surface area contributed by atoms with Crippen molar-refractivity contribution >= 4 is 11.5 Å². The summed E-state index contributed by atoms with van der Waals surface area (Å²) in [6.07, 6.45) is 6.24. The van der Waals surface area contributed by atoms with E-state index < -0.39 is 12.7 Å². The fourth-order valence-corrected chi connectivity index (χ4v) is 3.59. The van der Waals surface area contributed by atoms with Crippen molar-refractivity contribution in [3.63, 3.8) is 0 Å². The second-order valence-corrected chi connectivity index (χ2v) is 6.86. The first-order valence-electron chi connectivity index (χ1n) is 9.33. The standard InChI is InChI=1S/C19H21F2N5O3/c1-28-11-6-7-12(16(8-11)29-18(20)21)17-14-9-22-10-26(14)19(25-24-17)23-13-4-2-3-5-15(13)27/h6-10,13,15,18,27H,2-5H2,1H3,(H,23,25)/t13-,15-/m1/s1. The lowest BCUT2D eigenvalue weighted by Crippen LogP contribution is -2.37. The largest absolute Gasteiger partial charge is 0.497 e. The topological polar surface area (TPSA) is 93.8 Å². The van der Waals surface area contributed by atoms with Crippen LogP contribution in [0.4, 0.5) is 14.7 Å². The first-order valence-corrected chi connectivity index (χ1v) is 9.33. The van der Waals surface area contributed by atoms with Crippen molar-refractivity contribution in [2.24, 2.45) is 0 Å². The van der Waals surface area contributed by atoms with Gasteiger partial charge >= 0.3 is 6.61 Å². The van der Waals surface area contributed by atoms with Crippen LogP contribution in [0.25, 0.3) is 16.8 Å². The van der Waals surface area contributed by atoms with Gasteiger partial charge in [-0.05, 0) is 25.0 Å². The van der Waals surface area contributed by atoms with Crippen molar-refractivity contribution in [2.75, 3.05) is 12.4 Å². The average molecular weight is 405 g/mol. The molecule has 154 valence electrons. The molecule has 2 heterocycles. The number of rotatable bonds is 6. The summed E-state index contributed by atoms with van der Waals surface area (Å²) in [5.74, 6) is 0.740. The van der Waals surface area contributed by atoms with Gasteiger partial charge in [0.15, 0.2) is 0 Å². The van der Waals surface area contributed by atoms with Crippen molar-refractivity contribution in [1.82, 2.24) is 19.6 Å². The van der Waals surface area contributed by atoms with Gasteiger partial charge in [-0.3, -0.25) is 4.40 Å². The summed E-state index contributed by atoms with van der Waals surface area (Å²) in [5, 5.41) is 21.9. The summed E-state index contributed by atoms with van der Waals surface area (Å²) in [7, 11) is 1.44. The highest BCUT2D eigenvalue weighted by atomic mass is 19.3. The lowest BCUT2D eigenvalue weighted by molar-refractivity contribution is -0.0495. The highest BCUT2D eigenvalue weighted by molar-refractivity contribution is 5.81. The number of aliphatic hydroxyl groups is 1. The predicted molar refractivity (Wildman–Crippen MR) is 101 cm³/mol. The number of benzene rings is 1. The molecule has 0 saturated heterocycles. The maximum Gasteiger partial charge on any atom is 0.387 e. The Labute approximate surface area is 165 Å². The average Bonchev–Trinajstić information content (AvgIpc) is 3.20. The Kier molecular flexibility index (Phi) is 5.43. The summed E-state index contributed by atoms with van der Waals surface area (Å²) < 4.78 is 37.3. The van der Waals surface area contributed by atoms with Crippen LogP contribution in [0.15, 0.2) is 30.7 Å². The SMILES string of the molecule is COc1ccc(-c2nnc(N[C@@H]3CCCC[C@H]3O)n3cncc23)c(OC(F)F)c1. The van der Waals surface area contributed by atoms with E-state index in [1.807, 2.05) is 0 Å². The van der Waals surface area contributed by atoms with E-state index in [2.05, 4.69) is 25.2 Å². The Morgan fingerprint density at radius 3 is 2.83 bits per heavy atom. The molecule has 0 unspecified atom stereocenters. The molecule has 1 aliphatic carbocycles. The lowest BCUT2D eigenvalue weighted by atomic mass is 9.93. The molecule has 2 atom stereocenters. The van der Waals surface area contributed by atoms with Crippen molar-refractivity contribution in [3.05, 3.63) is 30.7 Å². The van der Waals surface area contributed by atoms with E-state index in [-0.39, 0.29) is 11.8 Å². The summed E-state index contributed by atoms with van der Waals surface area (Å²) in [6.45, 7) is -3.00. The molecule has 1 saturated carbocycles. The van der Waals surface area contributed by atoms with Crippen LogP contribution >= 0.6 is 0 Å². The predicted octanol–water partition coefficient (Wildman–Crippen LogP) is 3.12. The number of hydrogen-bond donors (Lipinski definition) is 2. The molecule has 2 aromatic heterocycles. The number of imidazole rings is 1. The number of nitrogens with zero attached hydrogens (tertiary/aromatic N) is 4. The fourth-order valence-electron chi connectivity index (χ4n) is 3.59. The molecule has 8 nitrogen and oxygen atoms in total.